The van der Waals surface area contributed by atoms with Gasteiger partial charge in [-0.15, -0.1) is 0 Å². The van der Waals surface area contributed by atoms with E-state index in [1.54, 1.807) is 13.0 Å². The third-order valence-corrected chi connectivity index (χ3v) is 4.47. The lowest BCUT2D eigenvalue weighted by atomic mass is 9.78. The fourth-order valence-corrected chi connectivity index (χ4v) is 2.20. The largest absolute Gasteiger partial charge is 0.495 e. The highest BCUT2D eigenvalue weighted by molar-refractivity contribution is 6.62. The Kier molecular flexibility index (Phi) is 3.61. The van der Waals surface area contributed by atoms with Gasteiger partial charge in [-0.25, -0.2) is 0 Å². The predicted octanol–water partition coefficient (Wildman–Crippen LogP) is 2.86. The molecule has 20 heavy (non-hydrogen) atoms. The van der Waals surface area contributed by atoms with Gasteiger partial charge in [0.1, 0.15) is 5.02 Å². The maximum absolute atomic E-state index is 11.0. The zero-order valence-electron chi connectivity index (χ0n) is 12.2. The van der Waals surface area contributed by atoms with E-state index in [1.807, 2.05) is 27.7 Å². The summed E-state index contributed by atoms with van der Waals surface area (Å²) in [6, 6.07) is 3.18. The maximum atomic E-state index is 11.0. The molecule has 1 aliphatic rings. The summed E-state index contributed by atoms with van der Waals surface area (Å²) in [5.74, 6) is 0. The molecular formula is C13H17BClNO4. The minimum Gasteiger partial charge on any atom is -0.399 e. The van der Waals surface area contributed by atoms with Crippen molar-refractivity contribution in [3.63, 3.8) is 0 Å². The van der Waals surface area contributed by atoms with Crippen LogP contribution in [0.2, 0.25) is 5.02 Å². The average Bonchev–Trinajstić information content (AvgIpc) is 2.51. The van der Waals surface area contributed by atoms with Gasteiger partial charge in [0.15, 0.2) is 0 Å². The lowest BCUT2D eigenvalue weighted by Gasteiger charge is -2.32. The summed E-state index contributed by atoms with van der Waals surface area (Å²) in [5.41, 5.74) is 0.138. The lowest BCUT2D eigenvalue weighted by molar-refractivity contribution is -0.384. The number of halogens is 1. The first kappa shape index (κ1) is 15.3. The number of aryl methyl sites for hydroxylation is 1. The van der Waals surface area contributed by atoms with Crippen molar-refractivity contribution < 1.29 is 14.2 Å². The number of hydrogen-bond acceptors (Lipinski definition) is 4. The van der Waals surface area contributed by atoms with E-state index in [0.717, 1.165) is 0 Å². The van der Waals surface area contributed by atoms with Crippen LogP contribution in [0.1, 0.15) is 33.3 Å². The Balaban J connectivity index is 2.43. The summed E-state index contributed by atoms with van der Waals surface area (Å²) in [7, 11) is -0.630. The Labute approximate surface area is 123 Å². The molecule has 5 nitrogen and oxygen atoms in total. The van der Waals surface area contributed by atoms with Gasteiger partial charge in [-0.1, -0.05) is 17.7 Å². The molecule has 0 bridgehead atoms. The van der Waals surface area contributed by atoms with Gasteiger partial charge in [0.05, 0.1) is 16.1 Å². The number of nitro benzene ring substituents is 1. The van der Waals surface area contributed by atoms with E-state index < -0.39 is 23.2 Å². The quantitative estimate of drug-likeness (QED) is 0.478. The molecule has 1 aromatic rings. The Morgan fingerprint density at radius 3 is 2.15 bits per heavy atom. The summed E-state index contributed by atoms with van der Waals surface area (Å²) >= 11 is 5.96. The zero-order valence-corrected chi connectivity index (χ0v) is 12.9. The number of rotatable bonds is 2. The van der Waals surface area contributed by atoms with Crippen LogP contribution < -0.4 is 5.46 Å². The SMILES string of the molecule is Cc1cc(B2OC(C)(C)C(C)(C)O2)cc([N+](=O)[O-])c1Cl. The first-order chi connectivity index (χ1) is 9.05. The molecular weight excluding hydrogens is 280 g/mol. The van der Waals surface area contributed by atoms with E-state index in [9.17, 15) is 10.1 Å². The predicted molar refractivity (Wildman–Crippen MR) is 78.6 cm³/mol. The van der Waals surface area contributed by atoms with Crippen LogP contribution in [0.15, 0.2) is 12.1 Å². The third kappa shape index (κ3) is 2.43. The normalized spacial score (nSPS) is 20.2. The van der Waals surface area contributed by atoms with Crippen molar-refractivity contribution >= 4 is 29.9 Å². The third-order valence-electron chi connectivity index (χ3n) is 3.98. The van der Waals surface area contributed by atoms with E-state index in [0.29, 0.717) is 11.0 Å². The van der Waals surface area contributed by atoms with Crippen molar-refractivity contribution in [3.8, 4) is 0 Å². The summed E-state index contributed by atoms with van der Waals surface area (Å²) in [6.07, 6.45) is 0. The molecule has 0 aromatic heterocycles. The fraction of sp³-hybridized carbons (Fsp3) is 0.538. The number of nitro groups is 1. The second-order valence-electron chi connectivity index (χ2n) is 6.02. The molecule has 0 radical (unpaired) electrons. The minimum atomic E-state index is -0.630. The van der Waals surface area contributed by atoms with Crippen molar-refractivity contribution in [1.29, 1.82) is 0 Å². The first-order valence-electron chi connectivity index (χ1n) is 6.35. The lowest BCUT2D eigenvalue weighted by Crippen LogP contribution is -2.41. The average molecular weight is 298 g/mol. The topological polar surface area (TPSA) is 61.6 Å². The summed E-state index contributed by atoms with van der Waals surface area (Å²) in [5, 5.41) is 11.2. The Morgan fingerprint density at radius 2 is 1.70 bits per heavy atom. The summed E-state index contributed by atoms with van der Waals surface area (Å²) in [4.78, 5) is 10.5. The molecule has 0 aliphatic carbocycles. The van der Waals surface area contributed by atoms with Crippen molar-refractivity contribution in [2.24, 2.45) is 0 Å². The molecule has 2 rings (SSSR count). The van der Waals surface area contributed by atoms with Gasteiger partial charge in [0.2, 0.25) is 0 Å². The van der Waals surface area contributed by atoms with Crippen LogP contribution in [0.25, 0.3) is 0 Å². The van der Waals surface area contributed by atoms with Crippen LogP contribution in [0, 0.1) is 17.0 Å². The van der Waals surface area contributed by atoms with Gasteiger partial charge in [0.25, 0.3) is 5.69 Å². The van der Waals surface area contributed by atoms with Crippen LogP contribution in [0.3, 0.4) is 0 Å². The summed E-state index contributed by atoms with van der Waals surface area (Å²) in [6.45, 7) is 9.47. The molecule has 1 saturated heterocycles. The monoisotopic (exact) mass is 297 g/mol. The van der Waals surface area contributed by atoms with E-state index in [4.69, 9.17) is 20.9 Å². The molecule has 108 valence electrons. The molecule has 1 heterocycles. The maximum Gasteiger partial charge on any atom is 0.495 e. The van der Waals surface area contributed by atoms with Gasteiger partial charge in [-0.2, -0.15) is 0 Å². The van der Waals surface area contributed by atoms with Crippen LogP contribution >= 0.6 is 11.6 Å². The number of hydrogen-bond donors (Lipinski definition) is 0. The molecule has 1 fully saturated rings. The standard InChI is InChI=1S/C13H17BClNO4/c1-8-6-9(7-10(11(8)15)16(17)18)14-19-12(2,3)13(4,5)20-14/h6-7H,1-5H3. The molecule has 0 atom stereocenters. The molecule has 1 aromatic carbocycles. The van der Waals surface area contributed by atoms with Gasteiger partial charge in [-0.05, 0) is 45.6 Å². The van der Waals surface area contributed by atoms with E-state index in [2.05, 4.69) is 0 Å². The fourth-order valence-electron chi connectivity index (χ4n) is 2.03. The molecule has 1 aliphatic heterocycles. The smallest absolute Gasteiger partial charge is 0.399 e. The van der Waals surface area contributed by atoms with Crippen molar-refractivity contribution in [2.75, 3.05) is 0 Å². The van der Waals surface area contributed by atoms with E-state index >= 15 is 0 Å². The first-order valence-corrected chi connectivity index (χ1v) is 6.73. The Morgan fingerprint density at radius 1 is 1.20 bits per heavy atom. The molecule has 0 spiro atoms. The highest BCUT2D eigenvalue weighted by atomic mass is 35.5. The number of nitrogens with zero attached hydrogens (tertiary/aromatic N) is 1. The van der Waals surface area contributed by atoms with E-state index in [1.165, 1.54) is 6.07 Å². The highest BCUT2D eigenvalue weighted by Gasteiger charge is 2.52. The van der Waals surface area contributed by atoms with E-state index in [-0.39, 0.29) is 10.7 Å². The van der Waals surface area contributed by atoms with Crippen molar-refractivity contribution in [1.82, 2.24) is 0 Å². The van der Waals surface area contributed by atoms with Crippen molar-refractivity contribution in [3.05, 3.63) is 32.8 Å². The van der Waals surface area contributed by atoms with Crippen LogP contribution in [-0.4, -0.2) is 23.2 Å². The molecule has 0 amide bonds. The highest BCUT2D eigenvalue weighted by Crippen LogP contribution is 2.37. The molecule has 0 unspecified atom stereocenters. The van der Waals surface area contributed by atoms with Crippen LogP contribution in [0.5, 0.6) is 0 Å². The van der Waals surface area contributed by atoms with Gasteiger partial charge < -0.3 is 9.31 Å². The summed E-state index contributed by atoms with van der Waals surface area (Å²) < 4.78 is 11.8. The second-order valence-corrected chi connectivity index (χ2v) is 6.39. The molecule has 0 saturated carbocycles. The van der Waals surface area contributed by atoms with Gasteiger partial charge in [-0.3, -0.25) is 10.1 Å². The second kappa shape index (κ2) is 4.72. The minimum absolute atomic E-state index is 0.128. The number of benzene rings is 1. The van der Waals surface area contributed by atoms with Crippen molar-refractivity contribution in [2.45, 2.75) is 45.8 Å². The molecule has 7 heteroatoms. The van der Waals surface area contributed by atoms with Crippen LogP contribution in [0.4, 0.5) is 5.69 Å². The van der Waals surface area contributed by atoms with Gasteiger partial charge >= 0.3 is 7.12 Å². The zero-order chi connectivity index (χ0) is 15.3. The van der Waals surface area contributed by atoms with Crippen LogP contribution in [-0.2, 0) is 9.31 Å². The van der Waals surface area contributed by atoms with Gasteiger partial charge in [0, 0.05) is 6.07 Å². The molecule has 0 N–H and O–H groups in total. The Bertz CT molecular complexity index is 558. The Hall–Kier alpha value is -1.11.